The highest BCUT2D eigenvalue weighted by atomic mass is 16.8. The SMILES string of the molecule is CCC1OC1(OC)[C](OC)OC. The lowest BCUT2D eigenvalue weighted by Crippen LogP contribution is -2.30. The van der Waals surface area contributed by atoms with E-state index in [1.54, 1.807) is 7.11 Å². The van der Waals surface area contributed by atoms with Gasteiger partial charge in [-0.15, -0.1) is 0 Å². The van der Waals surface area contributed by atoms with Gasteiger partial charge >= 0.3 is 0 Å². The third-order valence-corrected chi connectivity index (χ3v) is 2.01. The van der Waals surface area contributed by atoms with Gasteiger partial charge in [0.25, 0.3) is 12.1 Å². The first-order valence-corrected chi connectivity index (χ1v) is 3.93. The second-order valence-corrected chi connectivity index (χ2v) is 2.58. The average molecular weight is 175 g/mol. The fourth-order valence-corrected chi connectivity index (χ4v) is 1.34. The van der Waals surface area contributed by atoms with E-state index in [-0.39, 0.29) is 6.10 Å². The van der Waals surface area contributed by atoms with E-state index in [2.05, 4.69) is 0 Å². The number of ether oxygens (including phenoxy) is 4. The quantitative estimate of drug-likeness (QED) is 0.582. The molecule has 4 nitrogen and oxygen atoms in total. The molecule has 0 aromatic rings. The summed E-state index contributed by atoms with van der Waals surface area (Å²) in [5, 5.41) is 0. The van der Waals surface area contributed by atoms with Crippen LogP contribution in [0.2, 0.25) is 0 Å². The van der Waals surface area contributed by atoms with Crippen LogP contribution >= 0.6 is 0 Å². The largest absolute Gasteiger partial charge is 0.347 e. The van der Waals surface area contributed by atoms with Crippen LogP contribution in [0, 0.1) is 6.29 Å². The van der Waals surface area contributed by atoms with Crippen molar-refractivity contribution in [1.29, 1.82) is 0 Å². The number of hydrogen-bond acceptors (Lipinski definition) is 4. The average Bonchev–Trinajstić information content (AvgIpc) is 2.82. The van der Waals surface area contributed by atoms with E-state index < -0.39 is 5.79 Å². The molecule has 0 aliphatic carbocycles. The first-order valence-electron chi connectivity index (χ1n) is 3.93. The van der Waals surface area contributed by atoms with Gasteiger partial charge in [-0.1, -0.05) is 6.92 Å². The summed E-state index contributed by atoms with van der Waals surface area (Å²) >= 11 is 0. The van der Waals surface area contributed by atoms with Crippen LogP contribution < -0.4 is 0 Å². The fourth-order valence-electron chi connectivity index (χ4n) is 1.34. The Labute approximate surface area is 72.7 Å². The van der Waals surface area contributed by atoms with Crippen LogP contribution in [-0.2, 0) is 18.9 Å². The maximum atomic E-state index is 5.34. The first-order chi connectivity index (χ1) is 5.75. The van der Waals surface area contributed by atoms with E-state index in [1.807, 2.05) is 6.92 Å². The summed E-state index contributed by atoms with van der Waals surface area (Å²) in [6.07, 6.45) is 1.32. The zero-order valence-electron chi connectivity index (χ0n) is 7.92. The molecule has 0 amide bonds. The highest BCUT2D eigenvalue weighted by Gasteiger charge is 2.64. The Morgan fingerprint density at radius 1 is 1.33 bits per heavy atom. The van der Waals surface area contributed by atoms with Crippen molar-refractivity contribution in [2.75, 3.05) is 21.3 Å². The highest BCUT2D eigenvalue weighted by Crippen LogP contribution is 2.47. The van der Waals surface area contributed by atoms with E-state index >= 15 is 0 Å². The molecule has 1 rings (SSSR count). The van der Waals surface area contributed by atoms with Gasteiger partial charge in [0.15, 0.2) is 0 Å². The van der Waals surface area contributed by atoms with Gasteiger partial charge in [-0.2, -0.15) is 0 Å². The highest BCUT2D eigenvalue weighted by molar-refractivity contribution is 5.05. The predicted molar refractivity (Wildman–Crippen MR) is 42.2 cm³/mol. The van der Waals surface area contributed by atoms with Crippen molar-refractivity contribution in [1.82, 2.24) is 0 Å². The van der Waals surface area contributed by atoms with E-state index in [4.69, 9.17) is 18.9 Å². The lowest BCUT2D eigenvalue weighted by atomic mass is 10.2. The van der Waals surface area contributed by atoms with Gasteiger partial charge < -0.3 is 18.9 Å². The molecule has 2 atom stereocenters. The maximum Gasteiger partial charge on any atom is 0.288 e. The molecule has 0 bridgehead atoms. The number of epoxide rings is 1. The summed E-state index contributed by atoms with van der Waals surface area (Å²) in [5.41, 5.74) is 0. The second kappa shape index (κ2) is 3.70. The van der Waals surface area contributed by atoms with Gasteiger partial charge in [-0.05, 0) is 6.42 Å². The second-order valence-electron chi connectivity index (χ2n) is 2.58. The van der Waals surface area contributed by atoms with Gasteiger partial charge in [0, 0.05) is 21.3 Å². The molecule has 1 fully saturated rings. The van der Waals surface area contributed by atoms with Crippen molar-refractivity contribution in [2.24, 2.45) is 0 Å². The number of rotatable bonds is 5. The van der Waals surface area contributed by atoms with Crippen molar-refractivity contribution in [3.63, 3.8) is 0 Å². The number of methoxy groups -OCH3 is 3. The smallest absolute Gasteiger partial charge is 0.288 e. The first kappa shape index (κ1) is 9.92. The van der Waals surface area contributed by atoms with E-state index in [0.717, 1.165) is 6.42 Å². The molecule has 0 aromatic heterocycles. The Morgan fingerprint density at radius 3 is 2.17 bits per heavy atom. The van der Waals surface area contributed by atoms with Crippen molar-refractivity contribution >= 4 is 0 Å². The number of hydrogen-bond donors (Lipinski definition) is 0. The van der Waals surface area contributed by atoms with Crippen LogP contribution in [0.15, 0.2) is 0 Å². The molecule has 2 unspecified atom stereocenters. The zero-order chi connectivity index (χ0) is 9.19. The molecule has 1 saturated heterocycles. The summed E-state index contributed by atoms with van der Waals surface area (Å²) in [5.74, 6) is -0.752. The van der Waals surface area contributed by atoms with Gasteiger partial charge in [0.1, 0.15) is 6.10 Å². The van der Waals surface area contributed by atoms with Crippen molar-refractivity contribution < 1.29 is 18.9 Å². The van der Waals surface area contributed by atoms with E-state index in [0.29, 0.717) is 6.29 Å². The van der Waals surface area contributed by atoms with Gasteiger partial charge in [-0.3, -0.25) is 0 Å². The molecule has 0 saturated carbocycles. The molecule has 12 heavy (non-hydrogen) atoms. The van der Waals surface area contributed by atoms with E-state index in [1.165, 1.54) is 14.2 Å². The zero-order valence-corrected chi connectivity index (χ0v) is 7.92. The normalized spacial score (nSPS) is 34.2. The molecule has 1 aliphatic heterocycles. The molecule has 71 valence electrons. The summed E-state index contributed by atoms with van der Waals surface area (Å²) < 4.78 is 20.5. The van der Waals surface area contributed by atoms with Crippen LogP contribution in [0.4, 0.5) is 0 Å². The summed E-state index contributed by atoms with van der Waals surface area (Å²) in [4.78, 5) is 0. The lowest BCUT2D eigenvalue weighted by molar-refractivity contribution is -0.140. The van der Waals surface area contributed by atoms with Gasteiger partial charge in [0.2, 0.25) is 0 Å². The third kappa shape index (κ3) is 1.35. The molecule has 1 heterocycles. The van der Waals surface area contributed by atoms with Crippen LogP contribution in [0.1, 0.15) is 13.3 Å². The molecule has 0 aromatic carbocycles. The molecular weight excluding hydrogens is 160 g/mol. The predicted octanol–water partition coefficient (Wildman–Crippen LogP) is 0.920. The summed E-state index contributed by atoms with van der Waals surface area (Å²) in [7, 11) is 4.65. The molecule has 1 radical (unpaired) electrons. The van der Waals surface area contributed by atoms with Crippen LogP contribution in [-0.4, -0.2) is 33.2 Å². The van der Waals surface area contributed by atoms with Gasteiger partial charge in [-0.25, -0.2) is 0 Å². The van der Waals surface area contributed by atoms with Crippen LogP contribution in [0.25, 0.3) is 0 Å². The maximum absolute atomic E-state index is 5.34. The summed E-state index contributed by atoms with van der Waals surface area (Å²) in [6, 6.07) is 0. The Hall–Kier alpha value is -0.160. The van der Waals surface area contributed by atoms with Crippen LogP contribution in [0.5, 0.6) is 0 Å². The Kier molecular flexibility index (Phi) is 3.06. The fraction of sp³-hybridized carbons (Fsp3) is 0.875. The van der Waals surface area contributed by atoms with E-state index in [9.17, 15) is 0 Å². The van der Waals surface area contributed by atoms with Crippen molar-refractivity contribution in [2.45, 2.75) is 25.2 Å². The monoisotopic (exact) mass is 175 g/mol. The molecule has 1 aliphatic rings. The van der Waals surface area contributed by atoms with Crippen molar-refractivity contribution in [3.05, 3.63) is 6.29 Å². The van der Waals surface area contributed by atoms with Crippen LogP contribution in [0.3, 0.4) is 0 Å². The molecular formula is C8H15O4. The minimum Gasteiger partial charge on any atom is -0.347 e. The van der Waals surface area contributed by atoms with Gasteiger partial charge in [0.05, 0.1) is 0 Å². The lowest BCUT2D eigenvalue weighted by Gasteiger charge is -2.18. The standard InChI is InChI=1S/C8H15O4/c1-5-6-8(11-4,12-6)7(9-2)10-3/h6H,5H2,1-4H3. The summed E-state index contributed by atoms with van der Waals surface area (Å²) in [6.45, 7) is 2.02. The minimum absolute atomic E-state index is 0.0531. The third-order valence-electron chi connectivity index (χ3n) is 2.01. The Bertz CT molecular complexity index is 146. The molecule has 0 spiro atoms. The molecule has 0 N–H and O–H groups in total. The van der Waals surface area contributed by atoms with Crippen molar-refractivity contribution in [3.8, 4) is 0 Å². The molecule has 4 heteroatoms. The Balaban J connectivity index is 2.56. The minimum atomic E-state index is -0.752. The Morgan fingerprint density at radius 2 is 1.92 bits per heavy atom. The topological polar surface area (TPSA) is 40.2 Å².